The van der Waals surface area contributed by atoms with E-state index in [9.17, 15) is 9.59 Å². The zero-order chi connectivity index (χ0) is 17.9. The number of nitrogens with one attached hydrogen (secondary N) is 1. The van der Waals surface area contributed by atoms with Gasteiger partial charge in [-0.05, 0) is 6.07 Å². The minimum absolute atomic E-state index is 0.00174. The van der Waals surface area contributed by atoms with Crippen LogP contribution in [0.1, 0.15) is 22.3 Å². The molecule has 26 heavy (non-hydrogen) atoms. The number of rotatable bonds is 4. The number of ether oxygens (including phenoxy) is 1. The second-order valence-electron chi connectivity index (χ2n) is 5.99. The van der Waals surface area contributed by atoms with E-state index in [1.54, 1.807) is 21.8 Å². The van der Waals surface area contributed by atoms with Crippen LogP contribution >= 0.6 is 11.3 Å². The molecule has 1 N–H and O–H groups in total. The maximum absolute atomic E-state index is 12.5. The van der Waals surface area contributed by atoms with E-state index in [-0.39, 0.29) is 18.2 Å². The standard InChI is InChI=1S/C18H18N4O3S/c23-16(21-7-9-25-15-4-2-1-3-13(15)12-21)5-6-19-17(24)14-11-20-22-8-10-26-18(14)22/h1-4,8,10-11H,5-7,9,12H2,(H,19,24). The minimum Gasteiger partial charge on any atom is -0.491 e. The second kappa shape index (κ2) is 7.17. The molecule has 2 aromatic heterocycles. The summed E-state index contributed by atoms with van der Waals surface area (Å²) in [6.45, 7) is 1.84. The summed E-state index contributed by atoms with van der Waals surface area (Å²) < 4.78 is 7.35. The van der Waals surface area contributed by atoms with E-state index in [0.717, 1.165) is 16.1 Å². The molecule has 0 bridgehead atoms. The number of carbonyl (C=O) groups is 2. The van der Waals surface area contributed by atoms with Crippen molar-refractivity contribution >= 4 is 28.0 Å². The highest BCUT2D eigenvalue weighted by Gasteiger charge is 2.20. The van der Waals surface area contributed by atoms with Crippen LogP contribution in [0.3, 0.4) is 0 Å². The van der Waals surface area contributed by atoms with Crippen LogP contribution in [0.5, 0.6) is 5.75 Å². The molecule has 0 unspecified atom stereocenters. The summed E-state index contributed by atoms with van der Waals surface area (Å²) in [5, 5.41) is 8.81. The van der Waals surface area contributed by atoms with Crippen LogP contribution in [0.15, 0.2) is 42.0 Å². The van der Waals surface area contributed by atoms with Gasteiger partial charge in [0.1, 0.15) is 17.2 Å². The molecule has 0 radical (unpaired) electrons. The number of fused-ring (bicyclic) bond motifs is 2. The van der Waals surface area contributed by atoms with Gasteiger partial charge in [-0.1, -0.05) is 18.2 Å². The molecule has 7 nitrogen and oxygen atoms in total. The molecule has 3 heterocycles. The maximum Gasteiger partial charge on any atom is 0.255 e. The first-order valence-electron chi connectivity index (χ1n) is 8.40. The molecule has 2 amide bonds. The monoisotopic (exact) mass is 370 g/mol. The summed E-state index contributed by atoms with van der Waals surface area (Å²) in [6, 6.07) is 7.75. The van der Waals surface area contributed by atoms with Gasteiger partial charge in [-0.15, -0.1) is 11.3 Å². The van der Waals surface area contributed by atoms with E-state index in [2.05, 4.69) is 10.4 Å². The number of benzene rings is 1. The highest BCUT2D eigenvalue weighted by Crippen LogP contribution is 2.22. The van der Waals surface area contributed by atoms with Gasteiger partial charge >= 0.3 is 0 Å². The van der Waals surface area contributed by atoms with Crippen molar-refractivity contribution in [2.75, 3.05) is 19.7 Å². The van der Waals surface area contributed by atoms with Gasteiger partial charge in [-0.2, -0.15) is 5.10 Å². The molecule has 0 atom stereocenters. The fourth-order valence-corrected chi connectivity index (χ4v) is 3.75. The predicted octanol–water partition coefficient (Wildman–Crippen LogP) is 1.94. The van der Waals surface area contributed by atoms with Gasteiger partial charge in [0, 0.05) is 36.7 Å². The average molecular weight is 370 g/mol. The number of para-hydroxylation sites is 1. The Hall–Kier alpha value is -2.87. The molecule has 0 spiro atoms. The van der Waals surface area contributed by atoms with Gasteiger partial charge in [0.05, 0.1) is 18.3 Å². The Kier molecular flexibility index (Phi) is 4.57. The Morgan fingerprint density at radius 1 is 1.31 bits per heavy atom. The lowest BCUT2D eigenvalue weighted by Crippen LogP contribution is -2.35. The van der Waals surface area contributed by atoms with Crippen LogP contribution in [0.2, 0.25) is 0 Å². The zero-order valence-corrected chi connectivity index (χ0v) is 14.9. The largest absolute Gasteiger partial charge is 0.491 e. The maximum atomic E-state index is 12.5. The normalized spacial score (nSPS) is 13.8. The molecule has 1 aliphatic rings. The summed E-state index contributed by atoms with van der Waals surface area (Å²) in [6.07, 6.45) is 3.61. The molecule has 134 valence electrons. The fraction of sp³-hybridized carbons (Fsp3) is 0.278. The summed E-state index contributed by atoms with van der Waals surface area (Å²) in [5.74, 6) is 0.624. The van der Waals surface area contributed by atoms with E-state index in [1.807, 2.05) is 29.6 Å². The van der Waals surface area contributed by atoms with E-state index >= 15 is 0 Å². The molecule has 0 saturated heterocycles. The average Bonchev–Trinajstić information content (AvgIpc) is 3.19. The number of aromatic nitrogens is 2. The minimum atomic E-state index is -0.209. The van der Waals surface area contributed by atoms with E-state index in [0.29, 0.717) is 31.8 Å². The van der Waals surface area contributed by atoms with Gasteiger partial charge in [0.2, 0.25) is 5.91 Å². The first kappa shape index (κ1) is 16.6. The Bertz CT molecular complexity index is 949. The summed E-state index contributed by atoms with van der Waals surface area (Å²) in [4.78, 5) is 27.4. The smallest absolute Gasteiger partial charge is 0.255 e. The third-order valence-electron chi connectivity index (χ3n) is 4.31. The molecule has 4 rings (SSSR count). The Balaban J connectivity index is 1.33. The van der Waals surface area contributed by atoms with Crippen molar-refractivity contribution in [2.24, 2.45) is 0 Å². The molecule has 8 heteroatoms. The van der Waals surface area contributed by atoms with Crippen LogP contribution in [-0.4, -0.2) is 46.0 Å². The molecule has 1 aliphatic heterocycles. The SMILES string of the molecule is O=C(NCCC(=O)N1CCOc2ccccc2C1)c1cnn2ccsc12. The molecule has 0 aliphatic carbocycles. The highest BCUT2D eigenvalue weighted by atomic mass is 32.1. The van der Waals surface area contributed by atoms with Crippen molar-refractivity contribution in [3.05, 3.63) is 53.2 Å². The topological polar surface area (TPSA) is 75.9 Å². The fourth-order valence-electron chi connectivity index (χ4n) is 2.96. The van der Waals surface area contributed by atoms with E-state index < -0.39 is 0 Å². The lowest BCUT2D eigenvalue weighted by Gasteiger charge is -2.19. The quantitative estimate of drug-likeness (QED) is 0.761. The molecular formula is C18H18N4O3S. The van der Waals surface area contributed by atoms with Crippen LogP contribution < -0.4 is 10.1 Å². The first-order valence-corrected chi connectivity index (χ1v) is 9.28. The second-order valence-corrected chi connectivity index (χ2v) is 6.88. The summed E-state index contributed by atoms with van der Waals surface area (Å²) in [7, 11) is 0. The van der Waals surface area contributed by atoms with Crippen molar-refractivity contribution in [3.8, 4) is 5.75 Å². The van der Waals surface area contributed by atoms with Gasteiger partial charge in [0.15, 0.2) is 0 Å². The number of hydrogen-bond acceptors (Lipinski definition) is 5. The Labute approximate surface area is 154 Å². The van der Waals surface area contributed by atoms with Gasteiger partial charge in [0.25, 0.3) is 5.91 Å². The van der Waals surface area contributed by atoms with Crippen molar-refractivity contribution in [3.63, 3.8) is 0 Å². The van der Waals surface area contributed by atoms with Crippen LogP contribution in [-0.2, 0) is 11.3 Å². The van der Waals surface area contributed by atoms with Crippen LogP contribution in [0, 0.1) is 0 Å². The number of hydrogen-bond donors (Lipinski definition) is 1. The molecular weight excluding hydrogens is 352 g/mol. The lowest BCUT2D eigenvalue weighted by atomic mass is 10.2. The Morgan fingerprint density at radius 3 is 3.12 bits per heavy atom. The lowest BCUT2D eigenvalue weighted by molar-refractivity contribution is -0.131. The summed E-state index contributed by atoms with van der Waals surface area (Å²) in [5.41, 5.74) is 1.53. The third kappa shape index (κ3) is 3.28. The number of carbonyl (C=O) groups excluding carboxylic acids is 2. The highest BCUT2D eigenvalue weighted by molar-refractivity contribution is 7.15. The molecule has 3 aromatic rings. The van der Waals surface area contributed by atoms with E-state index in [4.69, 9.17) is 4.74 Å². The number of nitrogens with zero attached hydrogens (tertiary/aromatic N) is 3. The molecule has 1 aromatic carbocycles. The van der Waals surface area contributed by atoms with Crippen molar-refractivity contribution in [2.45, 2.75) is 13.0 Å². The van der Waals surface area contributed by atoms with Crippen molar-refractivity contribution < 1.29 is 14.3 Å². The van der Waals surface area contributed by atoms with Crippen LogP contribution in [0.25, 0.3) is 4.83 Å². The first-order chi connectivity index (χ1) is 12.7. The zero-order valence-electron chi connectivity index (χ0n) is 14.1. The van der Waals surface area contributed by atoms with Gasteiger partial charge < -0.3 is 15.0 Å². The van der Waals surface area contributed by atoms with Gasteiger partial charge in [-0.25, -0.2) is 4.52 Å². The van der Waals surface area contributed by atoms with Gasteiger partial charge in [-0.3, -0.25) is 9.59 Å². The number of thiazole rings is 1. The molecule has 0 saturated carbocycles. The summed E-state index contributed by atoms with van der Waals surface area (Å²) >= 11 is 1.46. The van der Waals surface area contributed by atoms with E-state index in [1.165, 1.54) is 11.3 Å². The van der Waals surface area contributed by atoms with Crippen molar-refractivity contribution in [1.29, 1.82) is 0 Å². The Morgan fingerprint density at radius 2 is 2.19 bits per heavy atom. The van der Waals surface area contributed by atoms with Crippen molar-refractivity contribution in [1.82, 2.24) is 19.8 Å². The third-order valence-corrected chi connectivity index (χ3v) is 5.19. The predicted molar refractivity (Wildman–Crippen MR) is 97.4 cm³/mol. The molecule has 0 fully saturated rings. The van der Waals surface area contributed by atoms with Crippen LogP contribution in [0.4, 0.5) is 0 Å². The number of amides is 2.